The van der Waals surface area contributed by atoms with Crippen LogP contribution in [0.15, 0.2) is 10.6 Å². The van der Waals surface area contributed by atoms with E-state index < -0.39 is 0 Å². The lowest BCUT2D eigenvalue weighted by Crippen LogP contribution is -2.31. The summed E-state index contributed by atoms with van der Waals surface area (Å²) in [6, 6.07) is 1.93. The highest BCUT2D eigenvalue weighted by Crippen LogP contribution is 2.20. The highest BCUT2D eigenvalue weighted by molar-refractivity contribution is 5.86. The lowest BCUT2D eigenvalue weighted by Gasteiger charge is -2.14. The number of hydrogen-bond donors (Lipinski definition) is 1. The van der Waals surface area contributed by atoms with Gasteiger partial charge in [-0.05, 0) is 31.2 Å². The molecule has 19 heavy (non-hydrogen) atoms. The Morgan fingerprint density at radius 3 is 2.84 bits per heavy atom. The molecule has 2 heterocycles. The summed E-state index contributed by atoms with van der Waals surface area (Å²) in [6.07, 6.45) is 3.26. The average molecular weight is 287 g/mol. The Morgan fingerprint density at radius 1 is 1.53 bits per heavy atom. The minimum Gasteiger partial charge on any atom is -0.361 e. The minimum atomic E-state index is 0. The van der Waals surface area contributed by atoms with Crippen LogP contribution >= 0.6 is 12.4 Å². The second-order valence-corrected chi connectivity index (χ2v) is 6.31. The molecule has 1 aliphatic heterocycles. The van der Waals surface area contributed by atoms with E-state index in [9.17, 15) is 4.79 Å². The summed E-state index contributed by atoms with van der Waals surface area (Å²) in [6.45, 7) is 7.43. The van der Waals surface area contributed by atoms with Gasteiger partial charge in [-0.25, -0.2) is 0 Å². The van der Waals surface area contributed by atoms with Crippen LogP contribution in [-0.2, 0) is 17.6 Å². The van der Waals surface area contributed by atoms with Gasteiger partial charge >= 0.3 is 0 Å². The maximum absolute atomic E-state index is 12.0. The Bertz CT molecular complexity index is 417. The highest BCUT2D eigenvalue weighted by atomic mass is 35.5. The van der Waals surface area contributed by atoms with Gasteiger partial charge in [0.25, 0.3) is 0 Å². The largest absolute Gasteiger partial charge is 0.361 e. The number of halogens is 1. The number of hydrogen-bond acceptors (Lipinski definition) is 4. The molecule has 1 aliphatic rings. The predicted octanol–water partition coefficient (Wildman–Crippen LogP) is 2.55. The van der Waals surface area contributed by atoms with E-state index in [1.54, 1.807) is 0 Å². The standard InChI is InChI=1S/C14H22N2O2.ClH/c1-14(2,3)9-10-7-11(18-16-10)8-13(17)12-5-4-6-15-12;/h7,12,15H,4-6,8-9H2,1-3H3;1H/t12-;/m0./s1. The van der Waals surface area contributed by atoms with Crippen molar-refractivity contribution in [1.82, 2.24) is 10.5 Å². The van der Waals surface area contributed by atoms with E-state index in [-0.39, 0.29) is 29.6 Å². The first-order valence-corrected chi connectivity index (χ1v) is 6.65. The molecule has 0 spiro atoms. The van der Waals surface area contributed by atoms with Crippen molar-refractivity contribution in [3.63, 3.8) is 0 Å². The molecule has 108 valence electrons. The number of carbonyl (C=O) groups excluding carboxylic acids is 1. The first kappa shape index (κ1) is 16.2. The molecular weight excluding hydrogens is 264 g/mol. The molecule has 1 fully saturated rings. The van der Waals surface area contributed by atoms with Gasteiger partial charge in [0.05, 0.1) is 18.2 Å². The number of nitrogens with one attached hydrogen (secondary N) is 1. The van der Waals surface area contributed by atoms with Crippen LogP contribution < -0.4 is 5.32 Å². The van der Waals surface area contributed by atoms with Crippen LogP contribution in [0, 0.1) is 5.41 Å². The van der Waals surface area contributed by atoms with E-state index in [1.807, 2.05) is 6.07 Å². The molecule has 0 aliphatic carbocycles. The van der Waals surface area contributed by atoms with Crippen LogP contribution in [0.3, 0.4) is 0 Å². The molecule has 1 saturated heterocycles. The zero-order valence-corrected chi connectivity index (χ0v) is 12.7. The van der Waals surface area contributed by atoms with Crippen molar-refractivity contribution >= 4 is 18.2 Å². The number of rotatable bonds is 4. The molecule has 4 nitrogen and oxygen atoms in total. The molecule has 1 aromatic heterocycles. The van der Waals surface area contributed by atoms with Gasteiger partial charge in [-0.1, -0.05) is 25.9 Å². The maximum atomic E-state index is 12.0. The van der Waals surface area contributed by atoms with Gasteiger partial charge in [-0.2, -0.15) is 0 Å². The van der Waals surface area contributed by atoms with E-state index in [1.165, 1.54) is 0 Å². The van der Waals surface area contributed by atoms with Crippen molar-refractivity contribution in [1.29, 1.82) is 0 Å². The fraction of sp³-hybridized carbons (Fsp3) is 0.714. The molecule has 0 saturated carbocycles. The average Bonchev–Trinajstić information content (AvgIpc) is 2.86. The van der Waals surface area contributed by atoms with Crippen molar-refractivity contribution in [3.05, 3.63) is 17.5 Å². The molecule has 2 rings (SSSR count). The monoisotopic (exact) mass is 286 g/mol. The van der Waals surface area contributed by atoms with E-state index >= 15 is 0 Å². The van der Waals surface area contributed by atoms with Crippen molar-refractivity contribution < 1.29 is 9.32 Å². The zero-order valence-electron chi connectivity index (χ0n) is 11.9. The summed E-state index contributed by atoms with van der Waals surface area (Å²) in [4.78, 5) is 12.0. The second kappa shape index (κ2) is 6.53. The summed E-state index contributed by atoms with van der Waals surface area (Å²) in [5.74, 6) is 0.902. The van der Waals surface area contributed by atoms with Gasteiger partial charge in [-0.15, -0.1) is 12.4 Å². The Hall–Kier alpha value is -0.870. The van der Waals surface area contributed by atoms with Gasteiger partial charge in [0.1, 0.15) is 5.76 Å². The quantitative estimate of drug-likeness (QED) is 0.924. The molecule has 0 radical (unpaired) electrons. The summed E-state index contributed by atoms with van der Waals surface area (Å²) in [7, 11) is 0. The molecule has 0 aromatic carbocycles. The van der Waals surface area contributed by atoms with Crippen LogP contribution in [0.4, 0.5) is 0 Å². The van der Waals surface area contributed by atoms with Gasteiger partial charge in [0, 0.05) is 6.07 Å². The Balaban J connectivity index is 0.00000180. The third-order valence-corrected chi connectivity index (χ3v) is 3.12. The number of nitrogens with zero attached hydrogens (tertiary/aromatic N) is 1. The lowest BCUT2D eigenvalue weighted by atomic mass is 9.90. The fourth-order valence-electron chi connectivity index (χ4n) is 2.32. The van der Waals surface area contributed by atoms with Gasteiger partial charge in [0.15, 0.2) is 5.78 Å². The topological polar surface area (TPSA) is 55.1 Å². The molecule has 1 N–H and O–H groups in total. The first-order valence-electron chi connectivity index (χ1n) is 6.65. The summed E-state index contributed by atoms with van der Waals surface area (Å²) in [5, 5.41) is 7.24. The third kappa shape index (κ3) is 4.96. The Labute approximate surface area is 120 Å². The molecule has 1 aromatic rings. The molecule has 0 unspecified atom stereocenters. The van der Waals surface area contributed by atoms with Crippen molar-refractivity contribution in [2.45, 2.75) is 52.5 Å². The normalized spacial score (nSPS) is 19.2. The second-order valence-electron chi connectivity index (χ2n) is 6.31. The van der Waals surface area contributed by atoms with Gasteiger partial charge in [-0.3, -0.25) is 4.79 Å². The van der Waals surface area contributed by atoms with Crippen molar-refractivity contribution in [2.75, 3.05) is 6.54 Å². The van der Waals surface area contributed by atoms with E-state index in [2.05, 4.69) is 31.2 Å². The lowest BCUT2D eigenvalue weighted by molar-refractivity contribution is -0.120. The third-order valence-electron chi connectivity index (χ3n) is 3.12. The Kier molecular flexibility index (Phi) is 5.56. The molecular formula is C14H23ClN2O2. The van der Waals surface area contributed by atoms with E-state index in [4.69, 9.17) is 4.52 Å². The van der Waals surface area contributed by atoms with Gasteiger partial charge in [0.2, 0.25) is 0 Å². The summed E-state index contributed by atoms with van der Waals surface area (Å²) < 4.78 is 5.24. The van der Waals surface area contributed by atoms with Crippen LogP contribution in [0.25, 0.3) is 0 Å². The summed E-state index contributed by atoms with van der Waals surface area (Å²) >= 11 is 0. The smallest absolute Gasteiger partial charge is 0.157 e. The molecule has 1 atom stereocenters. The minimum absolute atomic E-state index is 0. The zero-order chi connectivity index (χ0) is 13.2. The van der Waals surface area contributed by atoms with Crippen LogP contribution in [0.5, 0.6) is 0 Å². The maximum Gasteiger partial charge on any atom is 0.157 e. The van der Waals surface area contributed by atoms with Crippen LogP contribution in [0.1, 0.15) is 45.1 Å². The SMILES string of the molecule is CC(C)(C)Cc1cc(CC(=O)[C@@H]2CCCN2)on1.Cl. The summed E-state index contributed by atoms with van der Waals surface area (Å²) in [5.41, 5.74) is 1.12. The number of ketones is 1. The number of Topliss-reactive ketones (excluding diaryl/α,β-unsaturated/α-hetero) is 1. The van der Waals surface area contributed by atoms with Crippen molar-refractivity contribution in [3.8, 4) is 0 Å². The highest BCUT2D eigenvalue weighted by Gasteiger charge is 2.23. The number of aromatic nitrogens is 1. The molecule has 5 heteroatoms. The van der Waals surface area contributed by atoms with Crippen molar-refractivity contribution in [2.24, 2.45) is 5.41 Å². The molecule has 0 bridgehead atoms. The molecule has 0 amide bonds. The van der Waals surface area contributed by atoms with E-state index in [0.717, 1.165) is 31.5 Å². The number of carbonyl (C=O) groups is 1. The fourth-order valence-corrected chi connectivity index (χ4v) is 2.32. The Morgan fingerprint density at radius 2 is 2.26 bits per heavy atom. The van der Waals surface area contributed by atoms with Gasteiger partial charge < -0.3 is 9.84 Å². The van der Waals surface area contributed by atoms with Crippen LogP contribution in [0.2, 0.25) is 0 Å². The van der Waals surface area contributed by atoms with E-state index in [0.29, 0.717) is 12.2 Å². The van der Waals surface area contributed by atoms with Crippen LogP contribution in [-0.4, -0.2) is 23.5 Å². The first-order chi connectivity index (χ1) is 8.44. The predicted molar refractivity (Wildman–Crippen MR) is 76.6 cm³/mol.